The van der Waals surface area contributed by atoms with E-state index in [2.05, 4.69) is 21.8 Å². The predicted octanol–water partition coefficient (Wildman–Crippen LogP) is 3.77. The van der Waals surface area contributed by atoms with Gasteiger partial charge in [-0.2, -0.15) is 0 Å². The minimum Gasteiger partial charge on any atom is -0.366 e. The first-order valence-corrected chi connectivity index (χ1v) is 10.1. The van der Waals surface area contributed by atoms with Crippen molar-refractivity contribution in [1.82, 2.24) is 15.0 Å². The first-order valence-electron chi connectivity index (χ1n) is 10.1. The molecule has 30 heavy (non-hydrogen) atoms. The second-order valence-electron chi connectivity index (χ2n) is 7.31. The van der Waals surface area contributed by atoms with Crippen LogP contribution in [-0.4, -0.2) is 46.9 Å². The number of carbonyl (C=O) groups is 1. The van der Waals surface area contributed by atoms with Crippen LogP contribution in [0, 0.1) is 5.82 Å². The predicted molar refractivity (Wildman–Crippen MR) is 115 cm³/mol. The molecule has 6 nitrogen and oxygen atoms in total. The number of rotatable bonds is 5. The van der Waals surface area contributed by atoms with Crippen molar-refractivity contribution >= 4 is 17.3 Å². The molecule has 3 aromatic rings. The number of benzene rings is 1. The fourth-order valence-corrected chi connectivity index (χ4v) is 3.59. The van der Waals surface area contributed by atoms with Crippen LogP contribution < -0.4 is 9.80 Å². The van der Waals surface area contributed by atoms with Gasteiger partial charge in [0.1, 0.15) is 17.3 Å². The van der Waals surface area contributed by atoms with Crippen LogP contribution in [0.25, 0.3) is 11.5 Å². The Hall–Kier alpha value is -3.35. The standard InChI is InChI=1S/C23H24FN5O/c1-3-18-15-22(27-23(26-18)20-6-4-5-9-25-20)29-12-10-28(11-13-29)21-8-7-17(16(2)30)14-19(21)24/h4-9,14-15H,3,10-13H2,1-2H3. The van der Waals surface area contributed by atoms with Crippen molar-refractivity contribution < 1.29 is 9.18 Å². The molecule has 0 atom stereocenters. The van der Waals surface area contributed by atoms with Gasteiger partial charge in [0.2, 0.25) is 0 Å². The first-order chi connectivity index (χ1) is 14.5. The molecule has 1 aliphatic rings. The number of aryl methyl sites for hydroxylation is 1. The number of hydrogen-bond donors (Lipinski definition) is 0. The zero-order valence-electron chi connectivity index (χ0n) is 17.2. The molecule has 7 heteroatoms. The van der Waals surface area contributed by atoms with Gasteiger partial charge in [0.15, 0.2) is 11.6 Å². The first kappa shape index (κ1) is 19.9. The quantitative estimate of drug-likeness (QED) is 0.602. The van der Waals surface area contributed by atoms with E-state index < -0.39 is 0 Å². The Morgan fingerprint density at radius 2 is 1.80 bits per heavy atom. The van der Waals surface area contributed by atoms with Crippen LogP contribution in [-0.2, 0) is 6.42 Å². The highest BCUT2D eigenvalue weighted by Crippen LogP contribution is 2.25. The Kier molecular flexibility index (Phi) is 5.70. The van der Waals surface area contributed by atoms with E-state index in [-0.39, 0.29) is 11.6 Å². The summed E-state index contributed by atoms with van der Waals surface area (Å²) in [6.45, 7) is 6.28. The minimum absolute atomic E-state index is 0.135. The molecule has 2 aromatic heterocycles. The van der Waals surface area contributed by atoms with Crippen LogP contribution >= 0.6 is 0 Å². The van der Waals surface area contributed by atoms with Crippen molar-refractivity contribution in [3.05, 3.63) is 65.7 Å². The van der Waals surface area contributed by atoms with Gasteiger partial charge in [0.05, 0.1) is 5.69 Å². The second-order valence-corrected chi connectivity index (χ2v) is 7.31. The number of hydrogen-bond acceptors (Lipinski definition) is 6. The van der Waals surface area contributed by atoms with Crippen molar-refractivity contribution in [2.24, 2.45) is 0 Å². The van der Waals surface area contributed by atoms with Crippen molar-refractivity contribution in [2.75, 3.05) is 36.0 Å². The lowest BCUT2D eigenvalue weighted by Gasteiger charge is -2.37. The van der Waals surface area contributed by atoms with Crippen LogP contribution in [0.3, 0.4) is 0 Å². The van der Waals surface area contributed by atoms with Crippen LogP contribution in [0.5, 0.6) is 0 Å². The smallest absolute Gasteiger partial charge is 0.180 e. The highest BCUT2D eigenvalue weighted by molar-refractivity contribution is 5.94. The molecule has 1 aromatic carbocycles. The number of piperazine rings is 1. The number of nitrogens with zero attached hydrogens (tertiary/aromatic N) is 5. The Balaban J connectivity index is 1.52. The van der Waals surface area contributed by atoms with E-state index in [4.69, 9.17) is 4.98 Å². The Morgan fingerprint density at radius 1 is 1.03 bits per heavy atom. The van der Waals surface area contributed by atoms with E-state index in [9.17, 15) is 9.18 Å². The topological polar surface area (TPSA) is 62.2 Å². The van der Waals surface area contributed by atoms with Crippen LogP contribution in [0.1, 0.15) is 29.9 Å². The molecule has 1 aliphatic heterocycles. The van der Waals surface area contributed by atoms with E-state index >= 15 is 0 Å². The molecule has 1 saturated heterocycles. The maximum Gasteiger partial charge on any atom is 0.180 e. The highest BCUT2D eigenvalue weighted by Gasteiger charge is 2.22. The number of ketones is 1. The lowest BCUT2D eigenvalue weighted by atomic mass is 10.1. The summed E-state index contributed by atoms with van der Waals surface area (Å²) in [5.74, 6) is 1.00. The third-order valence-electron chi connectivity index (χ3n) is 5.32. The van der Waals surface area contributed by atoms with Crippen molar-refractivity contribution in [3.8, 4) is 11.5 Å². The molecule has 0 bridgehead atoms. The maximum absolute atomic E-state index is 14.5. The molecule has 0 amide bonds. The summed E-state index contributed by atoms with van der Waals surface area (Å²) in [4.78, 5) is 29.4. The third kappa shape index (κ3) is 4.15. The Labute approximate surface area is 175 Å². The monoisotopic (exact) mass is 405 g/mol. The summed E-state index contributed by atoms with van der Waals surface area (Å²) in [6, 6.07) is 12.4. The van der Waals surface area contributed by atoms with Crippen molar-refractivity contribution in [3.63, 3.8) is 0 Å². The van der Waals surface area contributed by atoms with Gasteiger partial charge >= 0.3 is 0 Å². The normalized spacial score (nSPS) is 14.1. The summed E-state index contributed by atoms with van der Waals surface area (Å²) in [5.41, 5.74) is 2.64. The number of pyridine rings is 1. The molecule has 0 saturated carbocycles. The van der Waals surface area contributed by atoms with E-state index in [0.717, 1.165) is 36.7 Å². The van der Waals surface area contributed by atoms with Gasteiger partial charge < -0.3 is 9.80 Å². The van der Waals surface area contributed by atoms with Crippen molar-refractivity contribution in [2.45, 2.75) is 20.3 Å². The van der Waals surface area contributed by atoms with Gasteiger partial charge in [-0.1, -0.05) is 13.0 Å². The maximum atomic E-state index is 14.5. The Morgan fingerprint density at radius 3 is 2.43 bits per heavy atom. The van der Waals surface area contributed by atoms with Gasteiger partial charge in [-0.3, -0.25) is 9.78 Å². The third-order valence-corrected chi connectivity index (χ3v) is 5.32. The number of halogens is 1. The number of aromatic nitrogens is 3. The molecule has 0 radical (unpaired) electrons. The van der Waals surface area contributed by atoms with Gasteiger partial charge in [-0.05, 0) is 43.7 Å². The fourth-order valence-electron chi connectivity index (χ4n) is 3.59. The molecule has 0 unspecified atom stereocenters. The van der Waals surface area contributed by atoms with E-state index in [1.807, 2.05) is 29.2 Å². The minimum atomic E-state index is -0.358. The molecule has 4 rings (SSSR count). The summed E-state index contributed by atoms with van der Waals surface area (Å²) >= 11 is 0. The largest absolute Gasteiger partial charge is 0.366 e. The van der Waals surface area contributed by atoms with Gasteiger partial charge in [-0.25, -0.2) is 14.4 Å². The number of Topliss-reactive ketones (excluding diaryl/α,β-unsaturated/α-hetero) is 1. The second kappa shape index (κ2) is 8.57. The molecule has 0 N–H and O–H groups in total. The zero-order chi connectivity index (χ0) is 21.1. The summed E-state index contributed by atoms with van der Waals surface area (Å²) in [5, 5.41) is 0. The van der Waals surface area contributed by atoms with Gasteiger partial charge in [0.25, 0.3) is 0 Å². The SMILES string of the molecule is CCc1cc(N2CCN(c3ccc(C(C)=O)cc3F)CC2)nc(-c2ccccn2)n1. The van der Waals surface area contributed by atoms with E-state index in [1.54, 1.807) is 18.3 Å². The average Bonchev–Trinajstić information content (AvgIpc) is 2.79. The van der Waals surface area contributed by atoms with Crippen LogP contribution in [0.15, 0.2) is 48.7 Å². The summed E-state index contributed by atoms with van der Waals surface area (Å²) < 4.78 is 14.5. The van der Waals surface area contributed by atoms with Gasteiger partial charge in [0, 0.05) is 49.7 Å². The number of carbonyl (C=O) groups excluding carboxylic acids is 1. The lowest BCUT2D eigenvalue weighted by molar-refractivity contribution is 0.101. The molecular formula is C23H24FN5O. The number of anilines is 2. The molecule has 154 valence electrons. The van der Waals surface area contributed by atoms with Crippen LogP contribution in [0.4, 0.5) is 15.9 Å². The summed E-state index contributed by atoms with van der Waals surface area (Å²) in [6.07, 6.45) is 2.55. The van der Waals surface area contributed by atoms with Crippen LogP contribution in [0.2, 0.25) is 0 Å². The summed E-state index contributed by atoms with van der Waals surface area (Å²) in [7, 11) is 0. The highest BCUT2D eigenvalue weighted by atomic mass is 19.1. The van der Waals surface area contributed by atoms with E-state index in [1.165, 1.54) is 13.0 Å². The zero-order valence-corrected chi connectivity index (χ0v) is 17.2. The molecule has 0 spiro atoms. The van der Waals surface area contributed by atoms with Gasteiger partial charge in [-0.15, -0.1) is 0 Å². The Bertz CT molecular complexity index is 1050. The molecule has 3 heterocycles. The van der Waals surface area contributed by atoms with Crippen molar-refractivity contribution in [1.29, 1.82) is 0 Å². The van der Waals surface area contributed by atoms with E-state index in [0.29, 0.717) is 30.2 Å². The molecular weight excluding hydrogens is 381 g/mol. The fraction of sp³-hybridized carbons (Fsp3) is 0.304. The lowest BCUT2D eigenvalue weighted by Crippen LogP contribution is -2.47. The molecule has 1 fully saturated rings. The molecule has 0 aliphatic carbocycles. The average molecular weight is 405 g/mol.